The van der Waals surface area contributed by atoms with E-state index in [4.69, 9.17) is 5.73 Å². The van der Waals surface area contributed by atoms with E-state index >= 15 is 0 Å². The van der Waals surface area contributed by atoms with Crippen LogP contribution in [0.5, 0.6) is 0 Å². The Bertz CT molecular complexity index is 1620. The molecule has 0 radical (unpaired) electrons. The molecule has 0 spiro atoms. The summed E-state index contributed by atoms with van der Waals surface area (Å²) in [7, 11) is -3.45. The normalized spacial score (nSPS) is 14.8. The van der Waals surface area contributed by atoms with Crippen LogP contribution in [-0.2, 0) is 10.0 Å². The van der Waals surface area contributed by atoms with Crippen molar-refractivity contribution in [2.24, 2.45) is 0 Å². The molecule has 3 aromatic heterocycles. The highest BCUT2D eigenvalue weighted by Gasteiger charge is 2.29. The highest BCUT2D eigenvalue weighted by Crippen LogP contribution is 2.30. The van der Waals surface area contributed by atoms with Crippen LogP contribution in [0.1, 0.15) is 34.5 Å². The number of nitrogen functional groups attached to an aromatic ring is 1. The average molecular weight is 588 g/mol. The van der Waals surface area contributed by atoms with Crippen LogP contribution >= 0.6 is 11.3 Å². The number of nitrogens with zero attached hydrogens (tertiary/aromatic N) is 4. The summed E-state index contributed by atoms with van der Waals surface area (Å²) in [6.07, 6.45) is 4.82. The maximum atomic E-state index is 14.1. The van der Waals surface area contributed by atoms with Crippen molar-refractivity contribution >= 4 is 54.8 Å². The summed E-state index contributed by atoms with van der Waals surface area (Å²) >= 11 is 0.914. The van der Waals surface area contributed by atoms with E-state index in [0.717, 1.165) is 34.4 Å². The fraction of sp³-hybridized carbons (Fsp3) is 0.308. The Morgan fingerprint density at radius 2 is 1.82 bits per heavy atom. The lowest BCUT2D eigenvalue weighted by Crippen LogP contribution is -2.43. The zero-order chi connectivity index (χ0) is 28.3. The molecule has 210 valence electrons. The molecular weight excluding hydrogens is 560 g/mol. The number of anilines is 3. The molecular formula is C26H27F2N7O3S2. The van der Waals surface area contributed by atoms with E-state index in [2.05, 4.69) is 25.6 Å². The molecule has 1 saturated heterocycles. The first-order chi connectivity index (χ1) is 19.2. The number of halogens is 2. The molecule has 0 amide bonds. The number of thiazole rings is 1. The summed E-state index contributed by atoms with van der Waals surface area (Å²) in [4.78, 5) is 25.4. The van der Waals surface area contributed by atoms with Crippen molar-refractivity contribution in [1.82, 2.24) is 19.3 Å². The molecule has 4 aromatic rings. The first-order valence-corrected chi connectivity index (χ1v) is 15.1. The minimum atomic E-state index is -3.45. The summed E-state index contributed by atoms with van der Waals surface area (Å²) in [5, 5.41) is 7.64. The molecule has 0 saturated carbocycles. The Kier molecular flexibility index (Phi) is 8.19. The second-order valence-electron chi connectivity index (χ2n) is 9.31. The van der Waals surface area contributed by atoms with Gasteiger partial charge in [-0.1, -0.05) is 23.5 Å². The van der Waals surface area contributed by atoms with Gasteiger partial charge in [0.1, 0.15) is 27.8 Å². The van der Waals surface area contributed by atoms with Gasteiger partial charge in [0.25, 0.3) is 0 Å². The first kappa shape index (κ1) is 27.8. The standard InChI is InChI=1S/C26H27F2N7O3S2/c27-18-5-1-6-19(28)20(18)22(36)23-24(29)34-26(39-23)33-17-8-13-35(14-9-17)40(37,38)15-3-11-31-25-21-16(7-12-32-25)4-2-10-30-21/h1-2,4-7,10,12,17H,3,8-9,11,13-15,29H2,(H,31,32)(H,33,34). The Labute approximate surface area is 233 Å². The summed E-state index contributed by atoms with van der Waals surface area (Å²) in [5.74, 6) is -2.33. The molecule has 1 aliphatic rings. The molecule has 1 aromatic carbocycles. The van der Waals surface area contributed by atoms with Gasteiger partial charge < -0.3 is 16.4 Å². The number of rotatable bonds is 10. The van der Waals surface area contributed by atoms with Crippen LogP contribution < -0.4 is 16.4 Å². The molecule has 10 nitrogen and oxygen atoms in total. The van der Waals surface area contributed by atoms with Gasteiger partial charge in [0.15, 0.2) is 10.9 Å². The number of hydrogen-bond acceptors (Lipinski definition) is 10. The van der Waals surface area contributed by atoms with Gasteiger partial charge >= 0.3 is 0 Å². The number of aromatic nitrogens is 3. The number of nitrogens with two attached hydrogens (primary N) is 1. The smallest absolute Gasteiger partial charge is 0.214 e. The van der Waals surface area contributed by atoms with Crippen LogP contribution in [0.4, 0.5) is 25.5 Å². The SMILES string of the molecule is Nc1nc(NC2CCN(S(=O)(=O)CCCNc3nccc4cccnc34)CC2)sc1C(=O)c1c(F)cccc1F. The molecule has 40 heavy (non-hydrogen) atoms. The fourth-order valence-corrected chi connectivity index (χ4v) is 7.00. The number of carbonyl (C=O) groups is 1. The number of pyridine rings is 2. The van der Waals surface area contributed by atoms with Crippen molar-refractivity contribution in [2.75, 3.05) is 41.8 Å². The highest BCUT2D eigenvalue weighted by atomic mass is 32.2. The molecule has 5 rings (SSSR count). The number of sulfonamides is 1. The van der Waals surface area contributed by atoms with Crippen molar-refractivity contribution in [3.05, 3.63) is 70.9 Å². The lowest BCUT2D eigenvalue weighted by molar-refractivity contribution is 0.103. The van der Waals surface area contributed by atoms with Crippen LogP contribution in [0.25, 0.3) is 10.9 Å². The Morgan fingerprint density at radius 1 is 1.07 bits per heavy atom. The Morgan fingerprint density at radius 3 is 2.58 bits per heavy atom. The Balaban J connectivity index is 1.12. The third-order valence-electron chi connectivity index (χ3n) is 6.62. The zero-order valence-electron chi connectivity index (χ0n) is 21.3. The molecule has 14 heteroatoms. The third-order valence-corrected chi connectivity index (χ3v) is 9.57. The van der Waals surface area contributed by atoms with E-state index in [1.807, 2.05) is 18.2 Å². The number of fused-ring (bicyclic) bond motifs is 1. The second kappa shape index (κ2) is 11.8. The summed E-state index contributed by atoms with van der Waals surface area (Å²) in [5.41, 5.74) is 5.94. The summed E-state index contributed by atoms with van der Waals surface area (Å²) in [6.45, 7) is 1.09. The molecule has 0 atom stereocenters. The van der Waals surface area contributed by atoms with Crippen molar-refractivity contribution in [3.8, 4) is 0 Å². The van der Waals surface area contributed by atoms with E-state index in [1.165, 1.54) is 10.4 Å². The minimum Gasteiger partial charge on any atom is -0.382 e. The average Bonchev–Trinajstić information content (AvgIpc) is 3.31. The van der Waals surface area contributed by atoms with Gasteiger partial charge in [-0.25, -0.2) is 31.5 Å². The fourth-order valence-electron chi connectivity index (χ4n) is 4.56. The van der Waals surface area contributed by atoms with Crippen LogP contribution in [0.2, 0.25) is 0 Å². The van der Waals surface area contributed by atoms with Gasteiger partial charge in [0.05, 0.1) is 11.3 Å². The van der Waals surface area contributed by atoms with Crippen LogP contribution in [0.3, 0.4) is 0 Å². The maximum Gasteiger partial charge on any atom is 0.214 e. The second-order valence-corrected chi connectivity index (χ2v) is 12.4. The van der Waals surface area contributed by atoms with Crippen LogP contribution in [0, 0.1) is 11.6 Å². The molecule has 0 bridgehead atoms. The number of nitrogens with one attached hydrogen (secondary N) is 2. The number of carbonyl (C=O) groups excluding carboxylic acids is 1. The molecule has 0 unspecified atom stereocenters. The summed E-state index contributed by atoms with van der Waals surface area (Å²) < 4.78 is 55.4. The van der Waals surface area contributed by atoms with Crippen LogP contribution in [0.15, 0.2) is 48.8 Å². The van der Waals surface area contributed by atoms with Gasteiger partial charge in [-0.05, 0) is 43.5 Å². The van der Waals surface area contributed by atoms with Crippen molar-refractivity contribution in [1.29, 1.82) is 0 Å². The number of hydrogen-bond donors (Lipinski definition) is 3. The maximum absolute atomic E-state index is 14.1. The molecule has 1 aliphatic heterocycles. The van der Waals surface area contributed by atoms with Gasteiger partial charge in [-0.3, -0.25) is 9.78 Å². The van der Waals surface area contributed by atoms with Gasteiger partial charge in [0.2, 0.25) is 15.8 Å². The predicted molar refractivity (Wildman–Crippen MR) is 151 cm³/mol. The molecule has 0 aliphatic carbocycles. The quantitative estimate of drug-likeness (QED) is 0.186. The minimum absolute atomic E-state index is 0.00260. The molecule has 4 N–H and O–H groups in total. The third kappa shape index (κ3) is 6.03. The van der Waals surface area contributed by atoms with Gasteiger partial charge in [0, 0.05) is 43.5 Å². The van der Waals surface area contributed by atoms with E-state index in [0.29, 0.717) is 49.8 Å². The van der Waals surface area contributed by atoms with Crippen molar-refractivity contribution in [2.45, 2.75) is 25.3 Å². The number of benzene rings is 1. The van der Waals surface area contributed by atoms with Crippen molar-refractivity contribution in [3.63, 3.8) is 0 Å². The van der Waals surface area contributed by atoms with E-state index in [1.54, 1.807) is 12.4 Å². The topological polar surface area (TPSA) is 143 Å². The lowest BCUT2D eigenvalue weighted by atomic mass is 10.1. The largest absolute Gasteiger partial charge is 0.382 e. The monoisotopic (exact) mass is 587 g/mol. The molecule has 4 heterocycles. The van der Waals surface area contributed by atoms with E-state index in [9.17, 15) is 22.0 Å². The van der Waals surface area contributed by atoms with Gasteiger partial charge in [-0.2, -0.15) is 0 Å². The zero-order valence-corrected chi connectivity index (χ0v) is 22.9. The summed E-state index contributed by atoms with van der Waals surface area (Å²) in [6, 6.07) is 8.73. The van der Waals surface area contributed by atoms with Crippen molar-refractivity contribution < 1.29 is 22.0 Å². The lowest BCUT2D eigenvalue weighted by Gasteiger charge is -2.31. The highest BCUT2D eigenvalue weighted by molar-refractivity contribution is 7.89. The van der Waals surface area contributed by atoms with Crippen LogP contribution in [-0.4, -0.2) is 64.9 Å². The Hall–Kier alpha value is -3.75. The van der Waals surface area contributed by atoms with E-state index in [-0.39, 0.29) is 22.5 Å². The predicted octanol–water partition coefficient (Wildman–Crippen LogP) is 3.89. The number of ketones is 1. The molecule has 1 fully saturated rings. The van der Waals surface area contributed by atoms with E-state index < -0.39 is 33.0 Å². The first-order valence-electron chi connectivity index (χ1n) is 12.7. The van der Waals surface area contributed by atoms with Gasteiger partial charge in [-0.15, -0.1) is 0 Å². The number of piperidine rings is 1.